The zero-order valence-electron chi connectivity index (χ0n) is 11.3. The summed E-state index contributed by atoms with van der Waals surface area (Å²) in [7, 11) is 0. The molecule has 1 aromatic carbocycles. The number of amidine groups is 1. The number of amides is 1. The molecule has 0 radical (unpaired) electrons. The zero-order chi connectivity index (χ0) is 15.2. The molecule has 0 spiro atoms. The van der Waals surface area contributed by atoms with Crippen molar-refractivity contribution in [2.75, 3.05) is 11.9 Å². The first-order chi connectivity index (χ1) is 10.1. The van der Waals surface area contributed by atoms with Crippen molar-refractivity contribution in [1.82, 2.24) is 0 Å². The van der Waals surface area contributed by atoms with Gasteiger partial charge in [0.05, 0.1) is 10.6 Å². The molecule has 2 aromatic rings. The maximum atomic E-state index is 11.8. The van der Waals surface area contributed by atoms with E-state index >= 15 is 0 Å². The van der Waals surface area contributed by atoms with E-state index in [1.54, 1.807) is 0 Å². The summed E-state index contributed by atoms with van der Waals surface area (Å²) in [6.45, 7) is 1.77. The van der Waals surface area contributed by atoms with Crippen LogP contribution in [0.25, 0.3) is 0 Å². The molecular weight excluding hydrogens is 354 g/mol. The largest absolute Gasteiger partial charge is 0.384 e. The molecule has 0 unspecified atom stereocenters. The van der Waals surface area contributed by atoms with Gasteiger partial charge in [0.1, 0.15) is 0 Å². The number of nitrogens with two attached hydrogens (primary N) is 1. The van der Waals surface area contributed by atoms with Crippen LogP contribution in [0, 0.1) is 6.92 Å². The van der Waals surface area contributed by atoms with Crippen LogP contribution in [0.2, 0.25) is 0 Å². The Kier molecular flexibility index (Phi) is 5.35. The molecule has 2 rings (SSSR count). The fourth-order valence-corrected chi connectivity index (χ4v) is 2.75. The summed E-state index contributed by atoms with van der Waals surface area (Å²) in [5.74, 6) is -0.0448. The molecule has 0 fully saturated rings. The predicted octanol–water partition coefficient (Wildman–Crippen LogP) is 3.09. The van der Waals surface area contributed by atoms with Crippen molar-refractivity contribution in [2.45, 2.75) is 6.92 Å². The molecule has 5 nitrogen and oxygen atoms in total. The average Bonchev–Trinajstić information content (AvgIpc) is 2.96. The highest BCUT2D eigenvalue weighted by atomic mass is 79.9. The number of benzene rings is 1. The number of halogens is 1. The quantitative estimate of drug-likeness (QED) is 0.484. The molecule has 0 atom stereocenters. The number of carbonyl (C=O) groups excluding carboxylic acids is 1. The SMILES string of the molecule is Cc1ccc(NC(=O)CO/N=C(\N)c2cccs2)c(Br)c1. The number of hydrogen-bond donors (Lipinski definition) is 2. The summed E-state index contributed by atoms with van der Waals surface area (Å²) in [5, 5.41) is 8.33. The van der Waals surface area contributed by atoms with Crippen molar-refractivity contribution in [3.8, 4) is 0 Å². The van der Waals surface area contributed by atoms with E-state index in [0.717, 1.165) is 14.9 Å². The van der Waals surface area contributed by atoms with Crippen molar-refractivity contribution in [3.63, 3.8) is 0 Å². The van der Waals surface area contributed by atoms with E-state index in [1.165, 1.54) is 11.3 Å². The minimum absolute atomic E-state index is 0.202. The van der Waals surface area contributed by atoms with Gasteiger partial charge in [0.25, 0.3) is 5.91 Å². The fraction of sp³-hybridized carbons (Fsp3) is 0.143. The zero-order valence-corrected chi connectivity index (χ0v) is 13.7. The van der Waals surface area contributed by atoms with Gasteiger partial charge < -0.3 is 15.9 Å². The van der Waals surface area contributed by atoms with Crippen LogP contribution < -0.4 is 11.1 Å². The van der Waals surface area contributed by atoms with Gasteiger partial charge >= 0.3 is 0 Å². The van der Waals surface area contributed by atoms with Gasteiger partial charge in [-0.3, -0.25) is 4.79 Å². The van der Waals surface area contributed by atoms with Crippen molar-refractivity contribution in [3.05, 3.63) is 50.6 Å². The van der Waals surface area contributed by atoms with Gasteiger partial charge in [-0.2, -0.15) is 0 Å². The molecule has 21 heavy (non-hydrogen) atoms. The summed E-state index contributed by atoms with van der Waals surface area (Å²) in [5.41, 5.74) is 7.50. The Morgan fingerprint density at radius 2 is 2.29 bits per heavy atom. The molecular formula is C14H14BrN3O2S. The molecule has 0 saturated carbocycles. The maximum Gasteiger partial charge on any atom is 0.265 e. The van der Waals surface area contributed by atoms with Gasteiger partial charge in [0, 0.05) is 4.47 Å². The van der Waals surface area contributed by atoms with Crippen LogP contribution in [0.3, 0.4) is 0 Å². The van der Waals surface area contributed by atoms with Crippen LogP contribution >= 0.6 is 27.3 Å². The smallest absolute Gasteiger partial charge is 0.265 e. The Hall–Kier alpha value is -1.86. The molecule has 0 aliphatic heterocycles. The number of thiophene rings is 1. The second kappa shape index (κ2) is 7.24. The van der Waals surface area contributed by atoms with Gasteiger partial charge in [-0.1, -0.05) is 17.3 Å². The first-order valence-corrected chi connectivity index (χ1v) is 7.79. The Balaban J connectivity index is 1.86. The lowest BCUT2D eigenvalue weighted by atomic mass is 10.2. The van der Waals surface area contributed by atoms with Crippen molar-refractivity contribution in [1.29, 1.82) is 0 Å². The van der Waals surface area contributed by atoms with Crippen LogP contribution in [0.4, 0.5) is 5.69 Å². The molecule has 1 heterocycles. The minimum atomic E-state index is -0.303. The number of rotatable bonds is 5. The van der Waals surface area contributed by atoms with E-state index in [4.69, 9.17) is 10.6 Å². The number of aryl methyl sites for hydroxylation is 1. The lowest BCUT2D eigenvalue weighted by Gasteiger charge is -2.07. The average molecular weight is 368 g/mol. The summed E-state index contributed by atoms with van der Waals surface area (Å²) in [4.78, 5) is 17.5. The summed E-state index contributed by atoms with van der Waals surface area (Å²) >= 11 is 4.84. The lowest BCUT2D eigenvalue weighted by Crippen LogP contribution is -2.19. The van der Waals surface area contributed by atoms with Gasteiger partial charge in [-0.25, -0.2) is 0 Å². The second-order valence-corrected chi connectivity index (χ2v) is 6.06. The topological polar surface area (TPSA) is 76.7 Å². The molecule has 110 valence electrons. The lowest BCUT2D eigenvalue weighted by molar-refractivity contribution is -0.120. The second-order valence-electron chi connectivity index (χ2n) is 4.26. The number of anilines is 1. The van der Waals surface area contributed by atoms with Crippen LogP contribution in [0.1, 0.15) is 10.4 Å². The van der Waals surface area contributed by atoms with Crippen LogP contribution in [0.5, 0.6) is 0 Å². The molecule has 0 aliphatic rings. The molecule has 0 bridgehead atoms. The molecule has 1 aromatic heterocycles. The van der Waals surface area contributed by atoms with Crippen molar-refractivity contribution >= 4 is 44.7 Å². The Bertz CT molecular complexity index is 656. The summed E-state index contributed by atoms with van der Waals surface area (Å²) in [6, 6.07) is 9.35. The highest BCUT2D eigenvalue weighted by Gasteiger charge is 2.07. The highest BCUT2D eigenvalue weighted by Crippen LogP contribution is 2.23. The third kappa shape index (κ3) is 4.57. The summed E-state index contributed by atoms with van der Waals surface area (Å²) < 4.78 is 0.817. The Morgan fingerprint density at radius 3 is 2.95 bits per heavy atom. The van der Waals surface area contributed by atoms with Crippen LogP contribution in [-0.2, 0) is 9.63 Å². The van der Waals surface area contributed by atoms with Crippen LogP contribution in [-0.4, -0.2) is 18.3 Å². The van der Waals surface area contributed by atoms with Crippen molar-refractivity contribution in [2.24, 2.45) is 10.9 Å². The number of nitrogens with one attached hydrogen (secondary N) is 1. The normalized spacial score (nSPS) is 11.2. The highest BCUT2D eigenvalue weighted by molar-refractivity contribution is 9.10. The third-order valence-electron chi connectivity index (χ3n) is 2.53. The monoisotopic (exact) mass is 367 g/mol. The first kappa shape index (κ1) is 15.5. The van der Waals surface area contributed by atoms with Crippen molar-refractivity contribution < 1.29 is 9.63 Å². The standard InChI is InChI=1S/C14H14BrN3O2S/c1-9-4-5-11(10(15)7-9)17-13(19)8-20-18-14(16)12-3-2-6-21-12/h2-7H,8H2,1H3,(H2,16,18)(H,17,19). The van der Waals surface area contributed by atoms with Crippen LogP contribution in [0.15, 0.2) is 45.3 Å². The fourth-order valence-electron chi connectivity index (χ4n) is 1.54. The molecule has 1 amide bonds. The van der Waals surface area contributed by atoms with E-state index in [9.17, 15) is 4.79 Å². The maximum absolute atomic E-state index is 11.8. The first-order valence-electron chi connectivity index (χ1n) is 6.11. The number of hydrogen-bond acceptors (Lipinski definition) is 4. The molecule has 0 aliphatic carbocycles. The third-order valence-corrected chi connectivity index (χ3v) is 4.08. The van der Waals surface area contributed by atoms with E-state index in [0.29, 0.717) is 5.69 Å². The van der Waals surface area contributed by atoms with Gasteiger partial charge in [-0.05, 0) is 52.0 Å². The Labute approximate surface area is 134 Å². The van der Waals surface area contributed by atoms with E-state index < -0.39 is 0 Å². The predicted molar refractivity (Wildman–Crippen MR) is 88.5 cm³/mol. The van der Waals surface area contributed by atoms with E-state index in [1.807, 2.05) is 42.6 Å². The Morgan fingerprint density at radius 1 is 1.48 bits per heavy atom. The number of nitrogens with zero attached hydrogens (tertiary/aromatic N) is 1. The van der Waals surface area contributed by atoms with E-state index in [-0.39, 0.29) is 18.3 Å². The van der Waals surface area contributed by atoms with E-state index in [2.05, 4.69) is 26.4 Å². The van der Waals surface area contributed by atoms with Gasteiger partial charge in [0.15, 0.2) is 12.4 Å². The molecule has 0 saturated heterocycles. The number of oxime groups is 1. The van der Waals surface area contributed by atoms with Gasteiger partial charge in [-0.15, -0.1) is 11.3 Å². The molecule has 3 N–H and O–H groups in total. The molecule has 7 heteroatoms. The minimum Gasteiger partial charge on any atom is -0.384 e. The number of carbonyl (C=O) groups is 1. The summed E-state index contributed by atoms with van der Waals surface area (Å²) in [6.07, 6.45) is 0. The van der Waals surface area contributed by atoms with Gasteiger partial charge in [0.2, 0.25) is 0 Å².